The number of benzene rings is 1. The fraction of sp³-hybridized carbons (Fsp3) is 0.333. The van der Waals surface area contributed by atoms with E-state index in [-0.39, 0.29) is 18.1 Å². The predicted octanol–water partition coefficient (Wildman–Crippen LogP) is 1.57. The van der Waals surface area contributed by atoms with Gasteiger partial charge in [0.25, 0.3) is 5.91 Å². The first-order valence-corrected chi connectivity index (χ1v) is 6.74. The molecule has 2 aromatic rings. The fourth-order valence-corrected chi connectivity index (χ4v) is 2.53. The number of carbonyl (C=O) groups excluding carboxylic acids is 1. The molecule has 3 rings (SSSR count). The van der Waals surface area contributed by atoms with Crippen LogP contribution in [0, 0.1) is 5.41 Å². The van der Waals surface area contributed by atoms with E-state index >= 15 is 0 Å². The van der Waals surface area contributed by atoms with Crippen molar-refractivity contribution in [3.8, 4) is 0 Å². The van der Waals surface area contributed by atoms with Gasteiger partial charge in [-0.3, -0.25) is 14.6 Å². The third kappa shape index (κ3) is 2.33. The predicted molar refractivity (Wildman–Crippen MR) is 75.8 cm³/mol. The van der Waals surface area contributed by atoms with Gasteiger partial charge < -0.3 is 10.0 Å². The number of amides is 1. The summed E-state index contributed by atoms with van der Waals surface area (Å²) in [6.07, 6.45) is 1.90. The normalized spacial score (nSPS) is 21.7. The van der Waals surface area contributed by atoms with Crippen LogP contribution in [0.3, 0.4) is 0 Å². The van der Waals surface area contributed by atoms with E-state index in [1.54, 1.807) is 13.0 Å². The quantitative estimate of drug-likeness (QED) is 0.905. The number of carboxylic acids is 1. The number of fused-ring (bicyclic) bond motifs is 1. The minimum absolute atomic E-state index is 0.204. The molecule has 21 heavy (non-hydrogen) atoms. The lowest BCUT2D eigenvalue weighted by molar-refractivity contribution is -0.147. The summed E-state index contributed by atoms with van der Waals surface area (Å²) in [6.45, 7) is 2.29. The zero-order valence-corrected chi connectivity index (χ0v) is 11.6. The zero-order valence-electron chi connectivity index (χ0n) is 11.6. The molecule has 0 bridgehead atoms. The highest BCUT2D eigenvalue weighted by Crippen LogP contribution is 2.30. The van der Waals surface area contributed by atoms with Crippen LogP contribution in [0.4, 0.5) is 0 Å². The highest BCUT2D eigenvalue weighted by atomic mass is 16.4. The zero-order chi connectivity index (χ0) is 15.0. The van der Waals surface area contributed by atoms with Gasteiger partial charge in [0.1, 0.15) is 5.69 Å². The van der Waals surface area contributed by atoms with E-state index in [4.69, 9.17) is 0 Å². The summed E-state index contributed by atoms with van der Waals surface area (Å²) in [4.78, 5) is 33.7. The summed E-state index contributed by atoms with van der Waals surface area (Å²) < 4.78 is 0. The first-order valence-electron chi connectivity index (χ1n) is 6.74. The lowest BCUT2D eigenvalue weighted by Gasteiger charge is -2.19. The molecule has 1 aromatic heterocycles. The van der Waals surface area contributed by atoms with Gasteiger partial charge in [-0.25, -0.2) is 4.98 Å². The van der Waals surface area contributed by atoms with Crippen molar-refractivity contribution < 1.29 is 14.7 Å². The average molecular weight is 285 g/mol. The Hall–Kier alpha value is -2.50. The Kier molecular flexibility index (Phi) is 3.08. The molecule has 2 heterocycles. The second-order valence-corrected chi connectivity index (χ2v) is 5.59. The maximum Gasteiger partial charge on any atom is 0.311 e. The standard InChI is InChI=1S/C15H15N3O3/c1-15(14(20)21)6-7-18(9-15)13(19)12-8-16-10-4-2-3-5-11(10)17-12/h2-5,8H,6-7,9H2,1H3,(H,20,21). The largest absolute Gasteiger partial charge is 0.481 e. The molecular formula is C15H15N3O3. The summed E-state index contributed by atoms with van der Waals surface area (Å²) in [5.74, 6) is -1.14. The van der Waals surface area contributed by atoms with Crippen LogP contribution < -0.4 is 0 Å². The minimum atomic E-state index is -0.875. The SMILES string of the molecule is CC1(C(=O)O)CCN(C(=O)c2cnc3ccccc3n2)C1. The maximum atomic E-state index is 12.4. The van der Waals surface area contributed by atoms with Crippen LogP contribution >= 0.6 is 0 Å². The molecule has 1 unspecified atom stereocenters. The molecule has 6 heteroatoms. The molecule has 0 radical (unpaired) electrons. The van der Waals surface area contributed by atoms with Crippen LogP contribution in [-0.2, 0) is 4.79 Å². The molecule has 1 N–H and O–H groups in total. The molecule has 0 aliphatic carbocycles. The Morgan fingerprint density at radius 3 is 2.67 bits per heavy atom. The van der Waals surface area contributed by atoms with Gasteiger partial charge in [0.05, 0.1) is 22.6 Å². The third-order valence-electron chi connectivity index (χ3n) is 3.94. The molecule has 0 spiro atoms. The average Bonchev–Trinajstić information content (AvgIpc) is 2.90. The molecule has 1 atom stereocenters. The number of nitrogens with zero attached hydrogens (tertiary/aromatic N) is 3. The maximum absolute atomic E-state index is 12.4. The van der Waals surface area contributed by atoms with Crippen molar-refractivity contribution in [1.29, 1.82) is 0 Å². The molecule has 1 aromatic carbocycles. The lowest BCUT2D eigenvalue weighted by Crippen LogP contribution is -2.35. The fourth-order valence-electron chi connectivity index (χ4n) is 2.53. The van der Waals surface area contributed by atoms with Crippen LogP contribution in [0.2, 0.25) is 0 Å². The lowest BCUT2D eigenvalue weighted by atomic mass is 9.90. The van der Waals surface area contributed by atoms with Gasteiger partial charge in [0.15, 0.2) is 0 Å². The summed E-state index contributed by atoms with van der Waals surface area (Å²) in [5, 5.41) is 9.22. The van der Waals surface area contributed by atoms with Crippen LogP contribution in [0.25, 0.3) is 11.0 Å². The van der Waals surface area contributed by atoms with Crippen LogP contribution in [0.15, 0.2) is 30.5 Å². The monoisotopic (exact) mass is 285 g/mol. The number of hydrogen-bond donors (Lipinski definition) is 1. The Labute approximate surface area is 121 Å². The van der Waals surface area contributed by atoms with Crippen molar-refractivity contribution in [2.45, 2.75) is 13.3 Å². The Morgan fingerprint density at radius 2 is 2.00 bits per heavy atom. The van der Waals surface area contributed by atoms with Crippen molar-refractivity contribution in [1.82, 2.24) is 14.9 Å². The highest BCUT2D eigenvalue weighted by molar-refractivity contribution is 5.94. The topological polar surface area (TPSA) is 83.4 Å². The van der Waals surface area contributed by atoms with Crippen molar-refractivity contribution in [3.63, 3.8) is 0 Å². The van der Waals surface area contributed by atoms with Crippen molar-refractivity contribution in [2.24, 2.45) is 5.41 Å². The highest BCUT2D eigenvalue weighted by Gasteiger charge is 2.42. The van der Waals surface area contributed by atoms with Crippen molar-refractivity contribution >= 4 is 22.9 Å². The molecule has 1 amide bonds. The van der Waals surface area contributed by atoms with E-state index < -0.39 is 11.4 Å². The van der Waals surface area contributed by atoms with Crippen LogP contribution in [0.1, 0.15) is 23.8 Å². The summed E-state index contributed by atoms with van der Waals surface area (Å²) in [5.41, 5.74) is 0.762. The van der Waals surface area contributed by atoms with Gasteiger partial charge >= 0.3 is 5.97 Å². The van der Waals surface area contributed by atoms with Crippen molar-refractivity contribution in [2.75, 3.05) is 13.1 Å². The molecular weight excluding hydrogens is 270 g/mol. The second kappa shape index (κ2) is 4.80. The number of likely N-dealkylation sites (tertiary alicyclic amines) is 1. The second-order valence-electron chi connectivity index (χ2n) is 5.59. The summed E-state index contributed by atoms with van der Waals surface area (Å²) in [6, 6.07) is 7.32. The molecule has 1 fully saturated rings. The Bertz CT molecular complexity index is 731. The number of carbonyl (C=O) groups is 2. The van der Waals surface area contributed by atoms with Gasteiger partial charge in [-0.05, 0) is 25.5 Å². The van der Waals surface area contributed by atoms with E-state index in [9.17, 15) is 14.7 Å². The van der Waals surface area contributed by atoms with E-state index in [0.717, 1.165) is 5.52 Å². The molecule has 0 saturated carbocycles. The van der Waals surface area contributed by atoms with Crippen LogP contribution in [-0.4, -0.2) is 44.9 Å². The van der Waals surface area contributed by atoms with Crippen LogP contribution in [0.5, 0.6) is 0 Å². The molecule has 1 aliphatic heterocycles. The van der Waals surface area contributed by atoms with Gasteiger partial charge in [0.2, 0.25) is 0 Å². The van der Waals surface area contributed by atoms with Gasteiger partial charge in [-0.1, -0.05) is 12.1 Å². The number of aliphatic carboxylic acids is 1. The number of para-hydroxylation sites is 2. The van der Waals surface area contributed by atoms with Gasteiger partial charge in [-0.15, -0.1) is 0 Å². The smallest absolute Gasteiger partial charge is 0.311 e. The minimum Gasteiger partial charge on any atom is -0.481 e. The third-order valence-corrected chi connectivity index (χ3v) is 3.94. The molecule has 6 nitrogen and oxygen atoms in total. The Balaban J connectivity index is 1.86. The van der Waals surface area contributed by atoms with Gasteiger partial charge in [0, 0.05) is 13.1 Å². The van der Waals surface area contributed by atoms with E-state index in [1.807, 2.05) is 18.2 Å². The number of aromatic nitrogens is 2. The number of carboxylic acid groups (broad SMARTS) is 1. The summed E-state index contributed by atoms with van der Waals surface area (Å²) in [7, 11) is 0. The van der Waals surface area contributed by atoms with E-state index in [1.165, 1.54) is 11.1 Å². The van der Waals surface area contributed by atoms with Gasteiger partial charge in [-0.2, -0.15) is 0 Å². The molecule has 108 valence electrons. The first-order chi connectivity index (χ1) is 9.99. The first kappa shape index (κ1) is 13.5. The molecule has 1 aliphatic rings. The van der Waals surface area contributed by atoms with E-state index in [2.05, 4.69) is 9.97 Å². The molecule has 1 saturated heterocycles. The number of rotatable bonds is 2. The Morgan fingerprint density at radius 1 is 1.29 bits per heavy atom. The number of hydrogen-bond acceptors (Lipinski definition) is 4. The van der Waals surface area contributed by atoms with E-state index in [0.29, 0.717) is 18.5 Å². The van der Waals surface area contributed by atoms with Crippen molar-refractivity contribution in [3.05, 3.63) is 36.2 Å². The summed E-state index contributed by atoms with van der Waals surface area (Å²) >= 11 is 0.